The molecule has 0 spiro atoms. The van der Waals surface area contributed by atoms with Crippen molar-refractivity contribution < 1.29 is 24.6 Å². The summed E-state index contributed by atoms with van der Waals surface area (Å²) in [6.07, 6.45) is 1.44. The first-order valence-corrected chi connectivity index (χ1v) is 6.76. The Labute approximate surface area is 121 Å². The van der Waals surface area contributed by atoms with Crippen molar-refractivity contribution in [2.45, 2.75) is 26.2 Å². The second kappa shape index (κ2) is 5.95. The molecular weight excluding hydrogens is 274 g/mol. The molecule has 0 bridgehead atoms. The van der Waals surface area contributed by atoms with Gasteiger partial charge in [0, 0.05) is 11.6 Å². The summed E-state index contributed by atoms with van der Waals surface area (Å²) in [5, 5.41) is 20.6. The molecule has 6 nitrogen and oxygen atoms in total. The highest BCUT2D eigenvalue weighted by molar-refractivity contribution is 5.95. The summed E-state index contributed by atoms with van der Waals surface area (Å²) < 4.78 is 0. The van der Waals surface area contributed by atoms with Gasteiger partial charge in [0.1, 0.15) is 0 Å². The predicted molar refractivity (Wildman–Crippen MR) is 75.2 cm³/mol. The summed E-state index contributed by atoms with van der Waals surface area (Å²) in [5.74, 6) is -2.82. The number of carboxylic acid groups (broad SMARTS) is 2. The minimum Gasteiger partial charge on any atom is -0.481 e. The quantitative estimate of drug-likeness (QED) is 0.788. The number of aryl methyl sites for hydroxylation is 1. The van der Waals surface area contributed by atoms with Crippen LogP contribution in [0.4, 0.5) is 5.69 Å². The maximum atomic E-state index is 12.1. The Morgan fingerprint density at radius 1 is 1.14 bits per heavy atom. The van der Waals surface area contributed by atoms with Gasteiger partial charge in [-0.3, -0.25) is 9.59 Å². The van der Waals surface area contributed by atoms with E-state index in [4.69, 9.17) is 10.2 Å². The zero-order valence-corrected chi connectivity index (χ0v) is 11.6. The standard InChI is InChI=1S/C15H17NO5/c1-8-6-10(14(18)19)4-5-12(8)16-13(17)9-2-3-11(7-9)15(20)21/h4-6,9,11H,2-3,7H2,1H3,(H,16,17)(H,18,19)(H,20,21). The number of hydrogen-bond acceptors (Lipinski definition) is 3. The number of anilines is 1. The van der Waals surface area contributed by atoms with Crippen LogP contribution in [-0.4, -0.2) is 28.1 Å². The minimum absolute atomic E-state index is 0.164. The minimum atomic E-state index is -1.02. The van der Waals surface area contributed by atoms with Crippen LogP contribution in [0.5, 0.6) is 0 Å². The lowest BCUT2D eigenvalue weighted by Gasteiger charge is -2.13. The van der Waals surface area contributed by atoms with Crippen molar-refractivity contribution in [3.8, 4) is 0 Å². The van der Waals surface area contributed by atoms with Crippen molar-refractivity contribution >= 4 is 23.5 Å². The van der Waals surface area contributed by atoms with Crippen LogP contribution in [0.1, 0.15) is 35.2 Å². The number of aliphatic carboxylic acids is 1. The average Bonchev–Trinajstić information content (AvgIpc) is 2.90. The van der Waals surface area contributed by atoms with Crippen molar-refractivity contribution in [2.24, 2.45) is 11.8 Å². The third kappa shape index (κ3) is 3.39. The first kappa shape index (κ1) is 15.0. The second-order valence-electron chi connectivity index (χ2n) is 5.37. The van der Waals surface area contributed by atoms with Gasteiger partial charge >= 0.3 is 11.9 Å². The Bertz CT molecular complexity index is 596. The molecule has 0 saturated heterocycles. The smallest absolute Gasteiger partial charge is 0.335 e. The molecule has 2 atom stereocenters. The molecule has 1 aromatic carbocycles. The predicted octanol–water partition coefficient (Wildman–Crippen LogP) is 2.13. The van der Waals surface area contributed by atoms with Gasteiger partial charge in [-0.15, -0.1) is 0 Å². The van der Waals surface area contributed by atoms with Gasteiger partial charge in [0.25, 0.3) is 0 Å². The number of aromatic carboxylic acids is 1. The van der Waals surface area contributed by atoms with Crippen LogP contribution in [0.15, 0.2) is 18.2 Å². The average molecular weight is 291 g/mol. The van der Waals surface area contributed by atoms with E-state index in [1.807, 2.05) is 0 Å². The molecule has 2 unspecified atom stereocenters. The number of carbonyl (C=O) groups excluding carboxylic acids is 1. The van der Waals surface area contributed by atoms with Gasteiger partial charge in [-0.2, -0.15) is 0 Å². The normalized spacial score (nSPS) is 21.0. The van der Waals surface area contributed by atoms with Crippen LogP contribution >= 0.6 is 0 Å². The molecule has 21 heavy (non-hydrogen) atoms. The Morgan fingerprint density at radius 2 is 1.81 bits per heavy atom. The number of benzene rings is 1. The van der Waals surface area contributed by atoms with Crippen LogP contribution < -0.4 is 5.32 Å². The van der Waals surface area contributed by atoms with E-state index in [9.17, 15) is 14.4 Å². The molecule has 6 heteroatoms. The molecule has 1 amide bonds. The monoisotopic (exact) mass is 291 g/mol. The molecule has 1 aliphatic carbocycles. The van der Waals surface area contributed by atoms with E-state index in [1.54, 1.807) is 13.0 Å². The molecule has 1 fully saturated rings. The van der Waals surface area contributed by atoms with E-state index < -0.39 is 17.9 Å². The Kier molecular flexibility index (Phi) is 4.26. The van der Waals surface area contributed by atoms with Gasteiger partial charge in [0.15, 0.2) is 0 Å². The van der Waals surface area contributed by atoms with Crippen molar-refractivity contribution in [2.75, 3.05) is 5.32 Å². The zero-order chi connectivity index (χ0) is 15.6. The van der Waals surface area contributed by atoms with Crippen LogP contribution in [0.2, 0.25) is 0 Å². The SMILES string of the molecule is Cc1cc(C(=O)O)ccc1NC(=O)C1CCC(C(=O)O)C1. The van der Waals surface area contributed by atoms with E-state index in [0.717, 1.165) is 0 Å². The number of carboxylic acids is 2. The fourth-order valence-electron chi connectivity index (χ4n) is 2.62. The van der Waals surface area contributed by atoms with Crippen molar-refractivity contribution in [1.82, 2.24) is 0 Å². The molecule has 0 aliphatic heterocycles. The lowest BCUT2D eigenvalue weighted by Crippen LogP contribution is -2.22. The molecule has 0 heterocycles. The van der Waals surface area contributed by atoms with Gasteiger partial charge in [0.2, 0.25) is 5.91 Å². The van der Waals surface area contributed by atoms with Crippen LogP contribution in [0, 0.1) is 18.8 Å². The number of rotatable bonds is 4. The summed E-state index contributed by atoms with van der Waals surface area (Å²) in [7, 11) is 0. The Morgan fingerprint density at radius 3 is 2.33 bits per heavy atom. The van der Waals surface area contributed by atoms with Crippen LogP contribution in [0.25, 0.3) is 0 Å². The maximum absolute atomic E-state index is 12.1. The molecule has 2 rings (SSSR count). The van der Waals surface area contributed by atoms with Gasteiger partial charge in [-0.25, -0.2) is 4.79 Å². The molecule has 112 valence electrons. The van der Waals surface area contributed by atoms with Gasteiger partial charge in [-0.05, 0) is 49.9 Å². The van der Waals surface area contributed by atoms with Crippen LogP contribution in [0.3, 0.4) is 0 Å². The topological polar surface area (TPSA) is 104 Å². The highest BCUT2D eigenvalue weighted by atomic mass is 16.4. The third-order valence-corrected chi connectivity index (χ3v) is 3.88. The molecule has 1 aliphatic rings. The van der Waals surface area contributed by atoms with Gasteiger partial charge < -0.3 is 15.5 Å². The first-order chi connectivity index (χ1) is 9.88. The second-order valence-corrected chi connectivity index (χ2v) is 5.37. The highest BCUT2D eigenvalue weighted by Gasteiger charge is 2.33. The number of carbonyl (C=O) groups is 3. The molecule has 1 saturated carbocycles. The fraction of sp³-hybridized carbons (Fsp3) is 0.400. The number of nitrogens with one attached hydrogen (secondary N) is 1. The lowest BCUT2D eigenvalue weighted by molar-refractivity contribution is -0.141. The molecule has 1 aromatic rings. The zero-order valence-electron chi connectivity index (χ0n) is 11.6. The molecule has 0 radical (unpaired) electrons. The van der Waals surface area contributed by atoms with Crippen LogP contribution in [-0.2, 0) is 9.59 Å². The van der Waals surface area contributed by atoms with Gasteiger partial charge in [0.05, 0.1) is 11.5 Å². The number of hydrogen-bond donors (Lipinski definition) is 3. The molecule has 3 N–H and O–H groups in total. The summed E-state index contributed by atoms with van der Waals surface area (Å²) in [6, 6.07) is 4.48. The van der Waals surface area contributed by atoms with Gasteiger partial charge in [-0.1, -0.05) is 0 Å². The van der Waals surface area contributed by atoms with E-state index in [-0.39, 0.29) is 17.4 Å². The first-order valence-electron chi connectivity index (χ1n) is 6.76. The van der Waals surface area contributed by atoms with E-state index in [0.29, 0.717) is 30.5 Å². The van der Waals surface area contributed by atoms with Crippen molar-refractivity contribution in [3.63, 3.8) is 0 Å². The maximum Gasteiger partial charge on any atom is 0.335 e. The summed E-state index contributed by atoms with van der Waals surface area (Å²) >= 11 is 0. The Hall–Kier alpha value is -2.37. The summed E-state index contributed by atoms with van der Waals surface area (Å²) in [4.78, 5) is 33.9. The van der Waals surface area contributed by atoms with E-state index in [2.05, 4.69) is 5.32 Å². The van der Waals surface area contributed by atoms with Crippen molar-refractivity contribution in [3.05, 3.63) is 29.3 Å². The summed E-state index contributed by atoms with van der Waals surface area (Å²) in [5.41, 5.74) is 1.39. The largest absolute Gasteiger partial charge is 0.481 e. The summed E-state index contributed by atoms with van der Waals surface area (Å²) in [6.45, 7) is 1.72. The number of amides is 1. The van der Waals surface area contributed by atoms with E-state index in [1.165, 1.54) is 12.1 Å². The molecule has 0 aromatic heterocycles. The van der Waals surface area contributed by atoms with Crippen molar-refractivity contribution in [1.29, 1.82) is 0 Å². The fourth-order valence-corrected chi connectivity index (χ4v) is 2.62. The third-order valence-electron chi connectivity index (χ3n) is 3.88. The molecular formula is C15H17NO5. The Balaban J connectivity index is 2.03. The lowest BCUT2D eigenvalue weighted by atomic mass is 10.0. The highest BCUT2D eigenvalue weighted by Crippen LogP contribution is 2.32. The van der Waals surface area contributed by atoms with E-state index >= 15 is 0 Å².